The smallest absolute Gasteiger partial charge is 0.387 e. The van der Waals surface area contributed by atoms with Crippen LogP contribution in [-0.2, 0) is 13.8 Å². The number of rotatable bonds is 5. The van der Waals surface area contributed by atoms with Gasteiger partial charge in [-0.05, 0) is 6.92 Å². The molecule has 6 N–H and O–H groups in total. The molecule has 0 radical (unpaired) electrons. The fourth-order valence-electron chi connectivity index (χ4n) is 2.36. The van der Waals surface area contributed by atoms with Crippen LogP contribution in [0.5, 0.6) is 0 Å². The van der Waals surface area contributed by atoms with Crippen molar-refractivity contribution in [3.8, 4) is 0 Å². The average Bonchev–Trinajstić information content (AvgIpc) is 2.71. The van der Waals surface area contributed by atoms with Crippen LogP contribution < -0.4 is 11.2 Å². The van der Waals surface area contributed by atoms with Gasteiger partial charge in [0.25, 0.3) is 5.56 Å². The number of aliphatic hydroxyl groups excluding tert-OH is 3. The van der Waals surface area contributed by atoms with E-state index in [9.17, 15) is 29.5 Å². The lowest BCUT2D eigenvalue weighted by atomic mass is 10.1. The van der Waals surface area contributed by atoms with Crippen LogP contribution in [0.25, 0.3) is 0 Å². The maximum absolute atomic E-state index is 12.0. The number of H-pyrrole nitrogens is 1. The summed E-state index contributed by atoms with van der Waals surface area (Å²) in [5, 5.41) is 29.7. The first kappa shape index (κ1) is 19.0. The van der Waals surface area contributed by atoms with Crippen molar-refractivity contribution in [2.45, 2.75) is 37.6 Å². The summed E-state index contributed by atoms with van der Waals surface area (Å²) < 4.78 is 20.9. The molecule has 5 atom stereocenters. The number of phosphoric acid groups is 1. The number of ether oxygens (including phenoxy) is 1. The Labute approximate surface area is 134 Å². The minimum Gasteiger partial charge on any atom is -0.387 e. The quantitative estimate of drug-likeness (QED) is 0.298. The van der Waals surface area contributed by atoms with Gasteiger partial charge in [0.2, 0.25) is 0 Å². The summed E-state index contributed by atoms with van der Waals surface area (Å²) in [6.45, 7) is 0.526. The highest BCUT2D eigenvalue weighted by Gasteiger charge is 2.45. The molecule has 2 heterocycles. The van der Waals surface area contributed by atoms with Crippen LogP contribution in [0.2, 0.25) is 0 Å². The van der Waals surface area contributed by atoms with Crippen LogP contribution in [0.15, 0.2) is 15.7 Å². The molecule has 1 fully saturated rings. The molecule has 12 nitrogen and oxygen atoms in total. The Morgan fingerprint density at radius 3 is 2.54 bits per heavy atom. The van der Waals surface area contributed by atoms with Crippen molar-refractivity contribution in [2.75, 3.05) is 6.61 Å². The predicted molar refractivity (Wildman–Crippen MR) is 75.9 cm³/mol. The first-order valence-electron chi connectivity index (χ1n) is 6.77. The lowest BCUT2D eigenvalue weighted by Gasteiger charge is -2.22. The van der Waals surface area contributed by atoms with Gasteiger partial charge in [0, 0.05) is 6.07 Å². The third-order valence-corrected chi connectivity index (χ3v) is 3.92. The molecule has 0 saturated carbocycles. The number of aliphatic hydroxyl groups is 3. The molecule has 0 spiro atoms. The maximum Gasteiger partial charge on any atom is 0.469 e. The minimum atomic E-state index is -4.83. The van der Waals surface area contributed by atoms with Gasteiger partial charge in [-0.25, -0.2) is 9.36 Å². The van der Waals surface area contributed by atoms with Crippen molar-refractivity contribution >= 4 is 7.82 Å². The first-order valence-corrected chi connectivity index (χ1v) is 8.30. The molecule has 0 aliphatic carbocycles. The summed E-state index contributed by atoms with van der Waals surface area (Å²) in [5.74, 6) is 0. The minimum absolute atomic E-state index is 0.170. The fraction of sp³-hybridized carbons (Fsp3) is 0.636. The van der Waals surface area contributed by atoms with Crippen molar-refractivity contribution in [1.82, 2.24) is 9.55 Å². The second kappa shape index (κ2) is 6.86. The van der Waals surface area contributed by atoms with E-state index in [1.807, 2.05) is 4.98 Å². The van der Waals surface area contributed by atoms with Crippen molar-refractivity contribution in [1.29, 1.82) is 0 Å². The number of hydrogen-bond donors (Lipinski definition) is 6. The zero-order chi connectivity index (χ0) is 18.2. The summed E-state index contributed by atoms with van der Waals surface area (Å²) in [6, 6.07) is 0.925. The van der Waals surface area contributed by atoms with Crippen LogP contribution >= 0.6 is 7.82 Å². The zero-order valence-corrected chi connectivity index (χ0v) is 13.2. The molecule has 1 aliphatic heterocycles. The summed E-state index contributed by atoms with van der Waals surface area (Å²) in [6.07, 6.45) is -7.41. The van der Waals surface area contributed by atoms with E-state index in [4.69, 9.17) is 14.5 Å². The third kappa shape index (κ3) is 3.99. The maximum atomic E-state index is 12.0. The molecule has 0 bridgehead atoms. The van der Waals surface area contributed by atoms with Gasteiger partial charge in [0.1, 0.15) is 18.3 Å². The Balaban J connectivity index is 2.35. The van der Waals surface area contributed by atoms with Crippen molar-refractivity contribution in [3.05, 3.63) is 32.6 Å². The van der Waals surface area contributed by atoms with Crippen LogP contribution in [0.1, 0.15) is 24.9 Å². The van der Waals surface area contributed by atoms with Gasteiger partial charge in [-0.1, -0.05) is 0 Å². The number of nitrogens with one attached hydrogen (secondary N) is 1. The van der Waals surface area contributed by atoms with Gasteiger partial charge in [0.05, 0.1) is 18.4 Å². The van der Waals surface area contributed by atoms with E-state index in [0.717, 1.165) is 10.6 Å². The monoisotopic (exact) mass is 368 g/mol. The lowest BCUT2D eigenvalue weighted by Crippen LogP contribution is -2.40. The number of aromatic amines is 1. The fourth-order valence-corrected chi connectivity index (χ4v) is 2.70. The van der Waals surface area contributed by atoms with Crippen LogP contribution in [0.4, 0.5) is 0 Å². The molecule has 1 unspecified atom stereocenters. The van der Waals surface area contributed by atoms with Gasteiger partial charge < -0.3 is 29.8 Å². The van der Waals surface area contributed by atoms with E-state index >= 15 is 0 Å². The average molecular weight is 368 g/mol. The topological polar surface area (TPSA) is 192 Å². The summed E-state index contributed by atoms with van der Waals surface area (Å²) >= 11 is 0. The summed E-state index contributed by atoms with van der Waals surface area (Å²) in [4.78, 5) is 42.6. The van der Waals surface area contributed by atoms with Gasteiger partial charge in [-0.2, -0.15) is 0 Å². The standard InChI is InChI=1S/C11H17N2O10P/c1-4(14)5-2-7(15)12-11(18)13(5)10-9(17)8(16)6(23-10)3-22-24(19,20)21/h2,4,6,8-10,14,16-17H,3H2,1H3,(H,12,15,18)(H2,19,20,21)/t4?,6-,8-,9-,10-/m1/s1. The Kier molecular flexibility index (Phi) is 5.42. The Bertz CT molecular complexity index is 752. The largest absolute Gasteiger partial charge is 0.469 e. The van der Waals surface area contributed by atoms with E-state index in [2.05, 4.69) is 4.52 Å². The van der Waals surface area contributed by atoms with E-state index in [1.54, 1.807) is 0 Å². The summed E-state index contributed by atoms with van der Waals surface area (Å²) in [7, 11) is -4.83. The molecule has 0 aromatic carbocycles. The molecule has 1 aliphatic rings. The first-order chi connectivity index (χ1) is 11.0. The van der Waals surface area contributed by atoms with E-state index in [1.165, 1.54) is 6.92 Å². The van der Waals surface area contributed by atoms with E-state index in [0.29, 0.717) is 0 Å². The molecule has 13 heteroatoms. The number of phosphoric ester groups is 1. The predicted octanol–water partition coefficient (Wildman–Crippen LogP) is -2.68. The van der Waals surface area contributed by atoms with Gasteiger partial charge in [-0.15, -0.1) is 0 Å². The van der Waals surface area contributed by atoms with Crippen molar-refractivity contribution < 1.29 is 38.9 Å². The molecule has 24 heavy (non-hydrogen) atoms. The van der Waals surface area contributed by atoms with Crippen LogP contribution in [0, 0.1) is 0 Å². The number of hydrogen-bond acceptors (Lipinski definition) is 8. The molecule has 0 amide bonds. The highest BCUT2D eigenvalue weighted by molar-refractivity contribution is 7.46. The highest BCUT2D eigenvalue weighted by atomic mass is 31.2. The molecular formula is C11H17N2O10P. The zero-order valence-electron chi connectivity index (χ0n) is 12.3. The van der Waals surface area contributed by atoms with Crippen molar-refractivity contribution in [2.24, 2.45) is 0 Å². The molecule has 1 aromatic heterocycles. The lowest BCUT2D eigenvalue weighted by molar-refractivity contribution is -0.0577. The third-order valence-electron chi connectivity index (χ3n) is 3.43. The van der Waals surface area contributed by atoms with E-state index in [-0.39, 0.29) is 5.69 Å². The number of nitrogens with zero attached hydrogens (tertiary/aromatic N) is 1. The number of aromatic nitrogens is 2. The SMILES string of the molecule is CC(O)c1cc(=O)[nH]c(=O)n1[C@@H]1O[C@H](COP(=O)(O)O)[C@@H](O)[C@H]1O. The van der Waals surface area contributed by atoms with Crippen LogP contribution in [-0.4, -0.2) is 59.6 Å². The Morgan fingerprint density at radius 2 is 2.00 bits per heavy atom. The molecule has 2 rings (SSSR count). The van der Waals surface area contributed by atoms with Gasteiger partial charge in [-0.3, -0.25) is 18.9 Å². The molecular weight excluding hydrogens is 351 g/mol. The Morgan fingerprint density at radius 1 is 1.38 bits per heavy atom. The summed E-state index contributed by atoms with van der Waals surface area (Å²) in [5.41, 5.74) is -1.94. The Hall–Kier alpha value is -1.37. The van der Waals surface area contributed by atoms with Gasteiger partial charge in [0.15, 0.2) is 6.23 Å². The molecule has 1 aromatic rings. The van der Waals surface area contributed by atoms with Gasteiger partial charge >= 0.3 is 13.5 Å². The molecule has 136 valence electrons. The second-order valence-corrected chi connectivity index (χ2v) is 6.48. The van der Waals surface area contributed by atoms with Crippen molar-refractivity contribution in [3.63, 3.8) is 0 Å². The normalized spacial score (nSPS) is 28.9. The second-order valence-electron chi connectivity index (χ2n) is 5.24. The van der Waals surface area contributed by atoms with Crippen LogP contribution in [0.3, 0.4) is 0 Å². The van der Waals surface area contributed by atoms with E-state index < -0.39 is 56.3 Å². The highest BCUT2D eigenvalue weighted by Crippen LogP contribution is 2.38. The molecule has 1 saturated heterocycles.